The lowest BCUT2D eigenvalue weighted by Crippen LogP contribution is -2.18. The molecule has 1 aliphatic carbocycles. The van der Waals surface area contributed by atoms with Crippen LogP contribution in [0, 0.1) is 4.91 Å². The molecule has 6 heteroatoms. The molecule has 0 saturated carbocycles. The number of methoxy groups -OCH3 is 1. The second kappa shape index (κ2) is 8.46. The Morgan fingerprint density at radius 3 is 2.86 bits per heavy atom. The van der Waals surface area contributed by atoms with Crippen LogP contribution >= 0.6 is 0 Å². The summed E-state index contributed by atoms with van der Waals surface area (Å²) >= 11 is 0. The summed E-state index contributed by atoms with van der Waals surface area (Å²) in [5, 5.41) is 6.58. The largest absolute Gasteiger partial charge is 0.459 e. The molecule has 2 aromatic heterocycles. The lowest BCUT2D eigenvalue weighted by molar-refractivity contribution is 0.198. The Balaban J connectivity index is 1.69. The molecule has 0 aliphatic heterocycles. The van der Waals surface area contributed by atoms with E-state index in [-0.39, 0.29) is 6.04 Å². The monoisotopic (exact) mass is 377 g/mol. The van der Waals surface area contributed by atoms with Gasteiger partial charge in [-0.1, -0.05) is 23.4 Å². The fourth-order valence-corrected chi connectivity index (χ4v) is 3.72. The number of nitrogens with one attached hydrogen (secondary N) is 1. The number of nitroso groups, excluding NO2 is 1. The molecular weight excluding hydrogens is 354 g/mol. The van der Waals surface area contributed by atoms with Gasteiger partial charge in [0.15, 0.2) is 0 Å². The molecule has 0 fully saturated rings. The number of nitrogens with zero attached hydrogens (tertiary/aromatic N) is 2. The smallest absolute Gasteiger partial charge is 0.142 e. The number of aryl methyl sites for hydroxylation is 1. The van der Waals surface area contributed by atoms with E-state index in [9.17, 15) is 4.91 Å². The molecule has 0 saturated heterocycles. The molecule has 2 heterocycles. The highest BCUT2D eigenvalue weighted by Crippen LogP contribution is 2.40. The number of fused-ring (bicyclic) bond motifs is 1. The number of rotatable bonds is 8. The number of hydrogen-bond donors (Lipinski definition) is 1. The van der Waals surface area contributed by atoms with Crippen molar-refractivity contribution in [3.63, 3.8) is 0 Å². The van der Waals surface area contributed by atoms with Crippen LogP contribution in [0.15, 0.2) is 58.4 Å². The van der Waals surface area contributed by atoms with Crippen LogP contribution in [0.25, 0.3) is 22.5 Å². The van der Waals surface area contributed by atoms with Gasteiger partial charge in [0.25, 0.3) is 0 Å². The summed E-state index contributed by atoms with van der Waals surface area (Å²) in [6.07, 6.45) is 5.20. The molecule has 6 nitrogen and oxygen atoms in total. The van der Waals surface area contributed by atoms with Crippen molar-refractivity contribution < 1.29 is 9.15 Å². The van der Waals surface area contributed by atoms with Crippen molar-refractivity contribution in [1.29, 1.82) is 0 Å². The molecule has 28 heavy (non-hydrogen) atoms. The molecule has 144 valence electrons. The normalized spacial score (nSPS) is 15.5. The third kappa shape index (κ3) is 3.74. The molecule has 0 bridgehead atoms. The van der Waals surface area contributed by atoms with E-state index in [1.165, 1.54) is 5.56 Å². The van der Waals surface area contributed by atoms with Gasteiger partial charge in [0.05, 0.1) is 13.2 Å². The zero-order chi connectivity index (χ0) is 19.3. The van der Waals surface area contributed by atoms with E-state index in [1.54, 1.807) is 19.5 Å². The van der Waals surface area contributed by atoms with Gasteiger partial charge in [-0.3, -0.25) is 4.98 Å². The van der Waals surface area contributed by atoms with Gasteiger partial charge in [0, 0.05) is 37.2 Å². The van der Waals surface area contributed by atoms with Crippen LogP contribution in [-0.2, 0) is 17.7 Å². The number of aromatic nitrogens is 1. The van der Waals surface area contributed by atoms with Gasteiger partial charge in [0.2, 0.25) is 0 Å². The highest BCUT2D eigenvalue weighted by Gasteiger charge is 2.24. The second-order valence-electron chi connectivity index (χ2n) is 6.93. The van der Waals surface area contributed by atoms with Crippen molar-refractivity contribution in [2.45, 2.75) is 25.4 Å². The molecule has 0 amide bonds. The standard InChI is InChI=1S/C22H23N3O3/c1-27-11-10-24-14-18-13-20(22(28-18)15-6-8-23-9-7-15)17-2-4-19-16(12-17)3-5-21(19)25-26/h2,4,6-9,12-13,21,24H,3,5,10-11,14H2,1H3. The summed E-state index contributed by atoms with van der Waals surface area (Å²) in [6, 6.07) is 12.0. The first kappa shape index (κ1) is 18.5. The fraction of sp³-hybridized carbons (Fsp3) is 0.318. The first-order valence-corrected chi connectivity index (χ1v) is 9.48. The maximum Gasteiger partial charge on any atom is 0.142 e. The Morgan fingerprint density at radius 1 is 1.21 bits per heavy atom. The van der Waals surface area contributed by atoms with Crippen LogP contribution < -0.4 is 5.32 Å². The van der Waals surface area contributed by atoms with Crippen molar-refractivity contribution in [2.75, 3.05) is 20.3 Å². The quantitative estimate of drug-likeness (QED) is 0.462. The number of furan rings is 1. The van der Waals surface area contributed by atoms with Crippen LogP contribution in [-0.4, -0.2) is 25.2 Å². The SMILES string of the molecule is COCCNCc1cc(-c2ccc3c(c2)CCC3N=O)c(-c2ccncc2)o1. The van der Waals surface area contributed by atoms with E-state index in [0.29, 0.717) is 13.2 Å². The molecule has 1 atom stereocenters. The summed E-state index contributed by atoms with van der Waals surface area (Å²) < 4.78 is 11.3. The van der Waals surface area contributed by atoms with Crippen molar-refractivity contribution in [1.82, 2.24) is 10.3 Å². The summed E-state index contributed by atoms with van der Waals surface area (Å²) in [7, 11) is 1.69. The molecule has 4 rings (SSSR count). The van der Waals surface area contributed by atoms with E-state index in [2.05, 4.69) is 33.7 Å². The van der Waals surface area contributed by atoms with Gasteiger partial charge in [-0.05, 0) is 47.7 Å². The van der Waals surface area contributed by atoms with Gasteiger partial charge in [0.1, 0.15) is 17.6 Å². The number of ether oxygens (including phenoxy) is 1. The molecular formula is C22H23N3O3. The van der Waals surface area contributed by atoms with Crippen LogP contribution in [0.1, 0.15) is 29.3 Å². The van der Waals surface area contributed by atoms with Gasteiger partial charge in [-0.15, -0.1) is 0 Å². The average Bonchev–Trinajstić information content (AvgIpc) is 3.35. The molecule has 0 radical (unpaired) electrons. The van der Waals surface area contributed by atoms with E-state index < -0.39 is 0 Å². The lowest BCUT2D eigenvalue weighted by Gasteiger charge is -2.07. The molecule has 1 aliphatic rings. The fourth-order valence-electron chi connectivity index (χ4n) is 3.72. The highest BCUT2D eigenvalue weighted by molar-refractivity contribution is 5.80. The number of pyridine rings is 1. The van der Waals surface area contributed by atoms with E-state index in [0.717, 1.165) is 53.2 Å². The predicted molar refractivity (Wildman–Crippen MR) is 108 cm³/mol. The topological polar surface area (TPSA) is 76.7 Å². The van der Waals surface area contributed by atoms with Crippen LogP contribution in [0.3, 0.4) is 0 Å². The zero-order valence-corrected chi connectivity index (χ0v) is 15.9. The maximum atomic E-state index is 11.0. The Morgan fingerprint density at radius 2 is 2.07 bits per heavy atom. The highest BCUT2D eigenvalue weighted by atomic mass is 16.5. The van der Waals surface area contributed by atoms with E-state index in [1.807, 2.05) is 18.2 Å². The summed E-state index contributed by atoms with van der Waals surface area (Å²) in [5.74, 6) is 1.69. The lowest BCUT2D eigenvalue weighted by atomic mass is 9.98. The Labute approximate surface area is 163 Å². The molecule has 1 unspecified atom stereocenters. The Kier molecular flexibility index (Phi) is 5.60. The average molecular weight is 377 g/mol. The number of benzene rings is 1. The Bertz CT molecular complexity index is 953. The molecule has 0 spiro atoms. The van der Waals surface area contributed by atoms with Gasteiger partial charge >= 0.3 is 0 Å². The zero-order valence-electron chi connectivity index (χ0n) is 15.9. The van der Waals surface area contributed by atoms with Crippen molar-refractivity contribution in [2.24, 2.45) is 5.18 Å². The number of hydrogen-bond acceptors (Lipinski definition) is 6. The van der Waals surface area contributed by atoms with Crippen LogP contribution in [0.5, 0.6) is 0 Å². The first-order valence-electron chi connectivity index (χ1n) is 9.48. The van der Waals surface area contributed by atoms with Crippen LogP contribution in [0.2, 0.25) is 0 Å². The van der Waals surface area contributed by atoms with Gasteiger partial charge in [-0.25, -0.2) is 0 Å². The van der Waals surface area contributed by atoms with E-state index >= 15 is 0 Å². The van der Waals surface area contributed by atoms with Crippen LogP contribution in [0.4, 0.5) is 0 Å². The van der Waals surface area contributed by atoms with Crippen molar-refractivity contribution in [3.05, 3.63) is 70.6 Å². The molecule has 1 N–H and O–H groups in total. The minimum absolute atomic E-state index is 0.214. The maximum absolute atomic E-state index is 11.0. The molecule has 1 aromatic carbocycles. The third-order valence-corrected chi connectivity index (χ3v) is 5.14. The predicted octanol–water partition coefficient (Wildman–Crippen LogP) is 4.50. The summed E-state index contributed by atoms with van der Waals surface area (Å²) in [4.78, 5) is 15.1. The Hall–Kier alpha value is -2.83. The van der Waals surface area contributed by atoms with Crippen molar-refractivity contribution in [3.8, 4) is 22.5 Å². The van der Waals surface area contributed by atoms with Gasteiger partial charge in [-0.2, -0.15) is 4.91 Å². The second-order valence-corrected chi connectivity index (χ2v) is 6.93. The van der Waals surface area contributed by atoms with Crippen molar-refractivity contribution >= 4 is 0 Å². The summed E-state index contributed by atoms with van der Waals surface area (Å²) in [5.41, 5.74) is 5.36. The summed E-state index contributed by atoms with van der Waals surface area (Å²) in [6.45, 7) is 2.04. The van der Waals surface area contributed by atoms with Gasteiger partial charge < -0.3 is 14.5 Å². The molecule has 3 aromatic rings. The third-order valence-electron chi connectivity index (χ3n) is 5.14. The minimum atomic E-state index is -0.214. The first-order chi connectivity index (χ1) is 13.8. The van der Waals surface area contributed by atoms with E-state index in [4.69, 9.17) is 9.15 Å². The minimum Gasteiger partial charge on any atom is -0.459 e.